The molecule has 1 rings (SSSR count). The molecule has 0 bridgehead atoms. The van der Waals surface area contributed by atoms with Gasteiger partial charge in [-0.15, -0.1) is 4.74 Å². The maximum Gasteiger partial charge on any atom is 0.440 e. The fraction of sp³-hybridized carbons (Fsp3) is 0.400. The first-order valence-corrected chi connectivity index (χ1v) is 3.37. The van der Waals surface area contributed by atoms with Gasteiger partial charge in [0, 0.05) is 0 Å². The van der Waals surface area contributed by atoms with Crippen LogP contribution in [0, 0.1) is 0 Å². The van der Waals surface area contributed by atoms with E-state index in [1.54, 1.807) is 0 Å². The van der Waals surface area contributed by atoms with Crippen molar-refractivity contribution in [3.05, 3.63) is 21.0 Å². The van der Waals surface area contributed by atoms with E-state index in [2.05, 4.69) is 10.3 Å². The second kappa shape index (κ2) is 3.27. The van der Waals surface area contributed by atoms with E-state index in [1.807, 2.05) is 4.98 Å². The molecular weight excluding hydrogens is 182 g/mol. The number of carboxylic acids is 1. The SMILES string of the molecule is [NH3+][C@@H](Cn1oc(=O)[nH]c1=O)C(=O)O. The van der Waals surface area contributed by atoms with E-state index in [0.29, 0.717) is 4.74 Å². The lowest BCUT2D eigenvalue weighted by atomic mass is 10.3. The van der Waals surface area contributed by atoms with E-state index in [0.717, 1.165) is 0 Å². The van der Waals surface area contributed by atoms with E-state index in [1.165, 1.54) is 0 Å². The molecule has 0 saturated heterocycles. The Labute approximate surface area is 70.5 Å². The highest BCUT2D eigenvalue weighted by atomic mass is 16.5. The third-order valence-electron chi connectivity index (χ3n) is 1.36. The number of aromatic nitrogens is 2. The van der Waals surface area contributed by atoms with Crippen molar-refractivity contribution in [1.82, 2.24) is 9.72 Å². The van der Waals surface area contributed by atoms with Gasteiger partial charge < -0.3 is 15.4 Å². The number of aliphatic carboxylic acids is 1. The zero-order valence-corrected chi connectivity index (χ0v) is 6.52. The van der Waals surface area contributed by atoms with Crippen LogP contribution in [0.25, 0.3) is 0 Å². The van der Waals surface area contributed by atoms with Crippen molar-refractivity contribution in [2.45, 2.75) is 12.6 Å². The van der Waals surface area contributed by atoms with E-state index in [4.69, 9.17) is 5.11 Å². The molecule has 8 heteroatoms. The largest absolute Gasteiger partial charge is 0.477 e. The molecule has 0 aromatic carbocycles. The second-order valence-corrected chi connectivity index (χ2v) is 2.41. The van der Waals surface area contributed by atoms with E-state index in [-0.39, 0.29) is 6.54 Å². The molecule has 0 amide bonds. The third-order valence-corrected chi connectivity index (χ3v) is 1.36. The van der Waals surface area contributed by atoms with Crippen LogP contribution in [0.5, 0.6) is 0 Å². The minimum Gasteiger partial charge on any atom is -0.477 e. The number of aromatic amines is 1. The Balaban J connectivity index is 2.86. The molecule has 0 aliphatic carbocycles. The number of carbonyl (C=O) groups is 1. The van der Waals surface area contributed by atoms with Crippen LogP contribution in [0.3, 0.4) is 0 Å². The summed E-state index contributed by atoms with van der Waals surface area (Å²) in [5, 5.41) is 8.43. The van der Waals surface area contributed by atoms with E-state index in [9.17, 15) is 14.4 Å². The summed E-state index contributed by atoms with van der Waals surface area (Å²) in [6.07, 6.45) is 0. The number of H-pyrrole nitrogens is 1. The molecule has 8 nitrogen and oxygen atoms in total. The first-order chi connectivity index (χ1) is 6.00. The first-order valence-electron chi connectivity index (χ1n) is 3.37. The summed E-state index contributed by atoms with van der Waals surface area (Å²) in [5.74, 6) is -2.08. The Morgan fingerprint density at radius 1 is 1.69 bits per heavy atom. The predicted octanol–water partition coefficient (Wildman–Crippen LogP) is -3.18. The molecule has 72 valence electrons. The van der Waals surface area contributed by atoms with Gasteiger partial charge >= 0.3 is 17.4 Å². The number of carboxylic acid groups (broad SMARTS) is 1. The van der Waals surface area contributed by atoms with Gasteiger partial charge in [0.1, 0.15) is 6.54 Å². The topological polar surface area (TPSA) is 133 Å². The zero-order valence-electron chi connectivity index (χ0n) is 6.52. The maximum atomic E-state index is 10.8. The number of quaternary nitrogens is 1. The fourth-order valence-electron chi connectivity index (χ4n) is 0.712. The molecule has 0 aliphatic rings. The minimum absolute atomic E-state index is 0.271. The summed E-state index contributed by atoms with van der Waals surface area (Å²) in [7, 11) is 0. The van der Waals surface area contributed by atoms with Crippen LogP contribution in [0.4, 0.5) is 0 Å². The molecule has 0 fully saturated rings. The maximum absolute atomic E-state index is 10.8. The molecule has 1 atom stereocenters. The van der Waals surface area contributed by atoms with Gasteiger partial charge in [-0.1, -0.05) is 0 Å². The highest BCUT2D eigenvalue weighted by Gasteiger charge is 2.18. The molecule has 1 aromatic heterocycles. The number of nitrogens with one attached hydrogen (secondary N) is 1. The molecule has 0 aliphatic heterocycles. The lowest BCUT2D eigenvalue weighted by Gasteiger charge is -1.99. The van der Waals surface area contributed by atoms with Crippen molar-refractivity contribution < 1.29 is 20.2 Å². The van der Waals surface area contributed by atoms with Crippen molar-refractivity contribution in [3.63, 3.8) is 0 Å². The molecule has 1 aromatic rings. The van der Waals surface area contributed by atoms with Crippen LogP contribution < -0.4 is 17.2 Å². The molecule has 1 heterocycles. The third kappa shape index (κ3) is 2.06. The number of hydrogen-bond donors (Lipinski definition) is 3. The van der Waals surface area contributed by atoms with Crippen molar-refractivity contribution in [3.8, 4) is 0 Å². The lowest BCUT2D eigenvalue weighted by Crippen LogP contribution is -2.67. The molecule has 0 spiro atoms. The number of hydrogen-bond acceptors (Lipinski definition) is 4. The van der Waals surface area contributed by atoms with Gasteiger partial charge in [0.2, 0.25) is 6.04 Å². The second-order valence-electron chi connectivity index (χ2n) is 2.41. The summed E-state index contributed by atoms with van der Waals surface area (Å²) in [6.45, 7) is -0.271. The van der Waals surface area contributed by atoms with E-state index < -0.39 is 23.5 Å². The van der Waals surface area contributed by atoms with Crippen molar-refractivity contribution in [1.29, 1.82) is 0 Å². The zero-order chi connectivity index (χ0) is 10.0. The Bertz CT molecular complexity index is 412. The molecule has 0 saturated carbocycles. The van der Waals surface area contributed by atoms with Crippen LogP contribution in [0.1, 0.15) is 0 Å². The fourth-order valence-corrected chi connectivity index (χ4v) is 0.712. The van der Waals surface area contributed by atoms with Crippen LogP contribution in [0.2, 0.25) is 0 Å². The van der Waals surface area contributed by atoms with Gasteiger partial charge in [-0.3, -0.25) is 0 Å². The minimum atomic E-state index is -1.17. The Hall–Kier alpha value is -1.83. The van der Waals surface area contributed by atoms with Crippen molar-refractivity contribution in [2.75, 3.05) is 0 Å². The van der Waals surface area contributed by atoms with Gasteiger partial charge in [-0.25, -0.2) is 19.4 Å². The first kappa shape index (κ1) is 9.26. The average molecular weight is 190 g/mol. The predicted molar refractivity (Wildman–Crippen MR) is 37.9 cm³/mol. The normalized spacial score (nSPS) is 12.7. The van der Waals surface area contributed by atoms with E-state index >= 15 is 0 Å². The molecule has 0 unspecified atom stereocenters. The van der Waals surface area contributed by atoms with Crippen molar-refractivity contribution in [2.24, 2.45) is 0 Å². The van der Waals surface area contributed by atoms with Crippen molar-refractivity contribution >= 4 is 5.97 Å². The number of nitrogens with zero attached hydrogens (tertiary/aromatic N) is 1. The monoisotopic (exact) mass is 190 g/mol. The van der Waals surface area contributed by atoms with Gasteiger partial charge in [0.15, 0.2) is 0 Å². The Kier molecular flexibility index (Phi) is 2.33. The smallest absolute Gasteiger partial charge is 0.440 e. The summed E-state index contributed by atoms with van der Waals surface area (Å²) in [4.78, 5) is 33.4. The highest BCUT2D eigenvalue weighted by Crippen LogP contribution is 1.80. The van der Waals surface area contributed by atoms with Gasteiger partial charge in [-0.2, -0.15) is 0 Å². The van der Waals surface area contributed by atoms with Gasteiger partial charge in [-0.05, 0) is 0 Å². The number of rotatable bonds is 3. The van der Waals surface area contributed by atoms with Crippen LogP contribution >= 0.6 is 0 Å². The van der Waals surface area contributed by atoms with Gasteiger partial charge in [0.05, 0.1) is 0 Å². The molecule has 13 heavy (non-hydrogen) atoms. The standard InChI is InChI=1S/C5H7N3O5/c6-2(3(9)10)1-8-4(11)7-5(12)13-8/h2H,1,6H2,(H,9,10)(H,7,11,12)/p+1/t2-/m0/s1. The summed E-state index contributed by atoms with van der Waals surface area (Å²) in [5.41, 5.74) is 2.47. The van der Waals surface area contributed by atoms with Crippen LogP contribution in [-0.4, -0.2) is 26.8 Å². The average Bonchev–Trinajstić information content (AvgIpc) is 2.30. The summed E-state index contributed by atoms with van der Waals surface area (Å²) < 4.78 is 4.94. The lowest BCUT2D eigenvalue weighted by molar-refractivity contribution is -0.412. The Morgan fingerprint density at radius 3 is 2.69 bits per heavy atom. The van der Waals surface area contributed by atoms with Crippen LogP contribution in [0.15, 0.2) is 14.1 Å². The highest BCUT2D eigenvalue weighted by molar-refractivity contribution is 5.71. The Morgan fingerprint density at radius 2 is 2.31 bits per heavy atom. The quantitative estimate of drug-likeness (QED) is 0.462. The van der Waals surface area contributed by atoms with Gasteiger partial charge in [0.25, 0.3) is 0 Å². The molecular formula is C5H8N3O5+. The molecule has 0 radical (unpaired) electrons. The molecule has 5 N–H and O–H groups in total. The summed E-state index contributed by atoms with van der Waals surface area (Å²) in [6, 6.07) is -1.03. The summed E-state index contributed by atoms with van der Waals surface area (Å²) >= 11 is 0. The van der Waals surface area contributed by atoms with Crippen LogP contribution in [-0.2, 0) is 11.3 Å².